The van der Waals surface area contributed by atoms with Crippen molar-refractivity contribution in [3.63, 3.8) is 0 Å². The molecule has 1 saturated carbocycles. The molecule has 1 atom stereocenters. The fourth-order valence-corrected chi connectivity index (χ4v) is 3.95. The van der Waals surface area contributed by atoms with Gasteiger partial charge in [-0.1, -0.05) is 42.5 Å². The molecule has 1 unspecified atom stereocenters. The molecular formula is C23H21N5O2. The fraction of sp³-hybridized carbons (Fsp3) is 0.217. The Labute approximate surface area is 173 Å². The molecule has 2 heterocycles. The maximum Gasteiger partial charge on any atom is 0.153 e. The maximum absolute atomic E-state index is 11.8. The van der Waals surface area contributed by atoms with Gasteiger partial charge in [0.2, 0.25) is 0 Å². The number of anilines is 1. The Bertz CT molecular complexity index is 1220. The second-order valence-corrected chi connectivity index (χ2v) is 7.50. The minimum absolute atomic E-state index is 0.0468. The number of carbonyl (C=O) groups is 1. The van der Waals surface area contributed by atoms with Crippen LogP contribution in [0, 0.1) is 0 Å². The van der Waals surface area contributed by atoms with E-state index in [1.54, 1.807) is 4.52 Å². The van der Waals surface area contributed by atoms with E-state index in [9.17, 15) is 4.79 Å². The molecule has 1 fully saturated rings. The maximum atomic E-state index is 11.8. The van der Waals surface area contributed by atoms with Gasteiger partial charge in [-0.05, 0) is 24.1 Å². The van der Waals surface area contributed by atoms with Crippen molar-refractivity contribution in [3.05, 3.63) is 72.3 Å². The Hall–Kier alpha value is -3.74. The number of nitrogens with zero attached hydrogens (tertiary/aromatic N) is 4. The second-order valence-electron chi connectivity index (χ2n) is 7.50. The summed E-state index contributed by atoms with van der Waals surface area (Å²) >= 11 is 0. The van der Waals surface area contributed by atoms with Gasteiger partial charge in [0, 0.05) is 24.3 Å². The number of aromatic nitrogens is 4. The Morgan fingerprint density at radius 3 is 2.80 bits per heavy atom. The molecule has 0 radical (unpaired) electrons. The highest BCUT2D eigenvalue weighted by atomic mass is 16.5. The minimum atomic E-state index is 0.0468. The summed E-state index contributed by atoms with van der Waals surface area (Å²) in [5.41, 5.74) is 9.53. The van der Waals surface area contributed by atoms with Crippen LogP contribution in [0.4, 0.5) is 5.82 Å². The Morgan fingerprint density at radius 2 is 2.00 bits per heavy atom. The van der Waals surface area contributed by atoms with Crippen molar-refractivity contribution >= 4 is 17.1 Å². The lowest BCUT2D eigenvalue weighted by Gasteiger charge is -2.08. The number of carbonyl (C=O) groups excluding carboxylic acids is 1. The zero-order chi connectivity index (χ0) is 20.5. The topological polar surface area (TPSA) is 95.4 Å². The van der Waals surface area contributed by atoms with Gasteiger partial charge in [-0.2, -0.15) is 5.10 Å². The number of Topliss-reactive ketones (excluding diaryl/α,β-unsaturated/α-hetero) is 1. The highest BCUT2D eigenvalue weighted by Gasteiger charge is 2.29. The molecule has 0 bridgehead atoms. The average molecular weight is 399 g/mol. The molecule has 0 spiro atoms. The van der Waals surface area contributed by atoms with Crippen molar-refractivity contribution in [2.75, 3.05) is 5.73 Å². The van der Waals surface area contributed by atoms with Crippen LogP contribution in [0.1, 0.15) is 36.6 Å². The third-order valence-corrected chi connectivity index (χ3v) is 5.45. The molecule has 2 N–H and O–H groups in total. The van der Waals surface area contributed by atoms with Crippen molar-refractivity contribution < 1.29 is 9.53 Å². The van der Waals surface area contributed by atoms with Gasteiger partial charge >= 0.3 is 0 Å². The molecule has 150 valence electrons. The van der Waals surface area contributed by atoms with Gasteiger partial charge in [0.25, 0.3) is 0 Å². The van der Waals surface area contributed by atoms with E-state index in [-0.39, 0.29) is 11.7 Å². The molecule has 0 amide bonds. The van der Waals surface area contributed by atoms with Crippen molar-refractivity contribution in [3.8, 4) is 17.0 Å². The first-order chi connectivity index (χ1) is 14.7. The van der Waals surface area contributed by atoms with E-state index < -0.39 is 0 Å². The molecule has 1 aliphatic rings. The van der Waals surface area contributed by atoms with Gasteiger partial charge in [0.05, 0.1) is 0 Å². The van der Waals surface area contributed by atoms with Crippen LogP contribution in [0.15, 0.2) is 60.9 Å². The van der Waals surface area contributed by atoms with E-state index in [1.807, 2.05) is 54.6 Å². The third-order valence-electron chi connectivity index (χ3n) is 5.45. The first kappa shape index (κ1) is 18.3. The number of imidazole rings is 1. The molecule has 30 heavy (non-hydrogen) atoms. The smallest absolute Gasteiger partial charge is 0.153 e. The van der Waals surface area contributed by atoms with Crippen molar-refractivity contribution in [2.24, 2.45) is 0 Å². The molecule has 2 aromatic carbocycles. The highest BCUT2D eigenvalue weighted by molar-refractivity contribution is 5.86. The number of hydrogen-bond donors (Lipinski definition) is 1. The lowest BCUT2D eigenvalue weighted by atomic mass is 10.1. The quantitative estimate of drug-likeness (QED) is 0.549. The molecule has 1 aliphatic carbocycles. The second kappa shape index (κ2) is 7.59. The number of ether oxygens (including phenoxy) is 1. The van der Waals surface area contributed by atoms with E-state index in [2.05, 4.69) is 10.1 Å². The van der Waals surface area contributed by atoms with Gasteiger partial charge in [-0.3, -0.25) is 4.79 Å². The molecule has 7 nitrogen and oxygen atoms in total. The Morgan fingerprint density at radius 1 is 1.13 bits per heavy atom. The number of hydrogen-bond acceptors (Lipinski definition) is 6. The number of fused-ring (bicyclic) bond motifs is 1. The zero-order valence-electron chi connectivity index (χ0n) is 16.4. The third kappa shape index (κ3) is 3.39. The predicted molar refractivity (Wildman–Crippen MR) is 113 cm³/mol. The lowest BCUT2D eigenvalue weighted by Crippen LogP contribution is -2.05. The van der Waals surface area contributed by atoms with Crippen LogP contribution in [0.2, 0.25) is 0 Å². The van der Waals surface area contributed by atoms with Crippen LogP contribution in [0.3, 0.4) is 0 Å². The summed E-state index contributed by atoms with van der Waals surface area (Å²) in [6, 6.07) is 17.8. The average Bonchev–Trinajstić information content (AvgIpc) is 3.38. The summed E-state index contributed by atoms with van der Waals surface area (Å²) in [5.74, 6) is 2.17. The standard InChI is InChI=1S/C23H21N5O2/c24-22-21-20(27-23(28(21)26-14-25-22)17-9-10-18(29)11-17)16-7-4-8-19(12-16)30-13-15-5-2-1-3-6-15/h1-8,12,14,17H,9-11,13H2,(H2,24,25,26). The van der Waals surface area contributed by atoms with Crippen molar-refractivity contribution in [1.29, 1.82) is 0 Å². The van der Waals surface area contributed by atoms with E-state index in [1.165, 1.54) is 6.33 Å². The van der Waals surface area contributed by atoms with Crippen LogP contribution in [0.25, 0.3) is 16.8 Å². The zero-order valence-corrected chi connectivity index (χ0v) is 16.4. The van der Waals surface area contributed by atoms with Gasteiger partial charge in [-0.25, -0.2) is 14.5 Å². The van der Waals surface area contributed by atoms with Crippen LogP contribution in [-0.2, 0) is 11.4 Å². The van der Waals surface area contributed by atoms with E-state index in [0.29, 0.717) is 36.5 Å². The van der Waals surface area contributed by atoms with E-state index in [0.717, 1.165) is 29.1 Å². The minimum Gasteiger partial charge on any atom is -0.489 e. The monoisotopic (exact) mass is 399 g/mol. The van der Waals surface area contributed by atoms with Crippen LogP contribution >= 0.6 is 0 Å². The number of benzene rings is 2. The summed E-state index contributed by atoms with van der Waals surface area (Å²) in [4.78, 5) is 20.9. The predicted octanol–water partition coefficient (Wildman–Crippen LogP) is 3.79. The number of rotatable bonds is 5. The summed E-state index contributed by atoms with van der Waals surface area (Å²) in [6.45, 7) is 0.481. The summed E-state index contributed by atoms with van der Waals surface area (Å²) < 4.78 is 7.71. The Kier molecular flexibility index (Phi) is 4.63. The van der Waals surface area contributed by atoms with Crippen LogP contribution in [-0.4, -0.2) is 25.4 Å². The van der Waals surface area contributed by atoms with Crippen molar-refractivity contribution in [2.45, 2.75) is 31.8 Å². The van der Waals surface area contributed by atoms with Crippen LogP contribution < -0.4 is 10.5 Å². The molecule has 5 rings (SSSR count). The summed E-state index contributed by atoms with van der Waals surface area (Å²) in [7, 11) is 0. The summed E-state index contributed by atoms with van der Waals surface area (Å²) in [6.07, 6.45) is 3.27. The van der Waals surface area contributed by atoms with Gasteiger partial charge in [0.15, 0.2) is 5.82 Å². The molecule has 2 aromatic heterocycles. The number of nitrogen functional groups attached to an aromatic ring is 1. The van der Waals surface area contributed by atoms with Gasteiger partial charge in [-0.15, -0.1) is 0 Å². The normalized spacial score (nSPS) is 16.3. The highest BCUT2D eigenvalue weighted by Crippen LogP contribution is 2.36. The molecule has 0 saturated heterocycles. The molecular weight excluding hydrogens is 378 g/mol. The fourth-order valence-electron chi connectivity index (χ4n) is 3.95. The Balaban J connectivity index is 1.52. The number of nitrogens with two attached hydrogens (primary N) is 1. The van der Waals surface area contributed by atoms with E-state index in [4.69, 9.17) is 15.5 Å². The molecule has 0 aliphatic heterocycles. The van der Waals surface area contributed by atoms with Gasteiger partial charge in [0.1, 0.15) is 41.5 Å². The first-order valence-corrected chi connectivity index (χ1v) is 9.97. The molecule has 7 heteroatoms. The van der Waals surface area contributed by atoms with Crippen molar-refractivity contribution in [1.82, 2.24) is 19.6 Å². The van der Waals surface area contributed by atoms with Crippen LogP contribution in [0.5, 0.6) is 5.75 Å². The lowest BCUT2D eigenvalue weighted by molar-refractivity contribution is -0.117. The van der Waals surface area contributed by atoms with Gasteiger partial charge < -0.3 is 10.5 Å². The first-order valence-electron chi connectivity index (χ1n) is 9.97. The van der Waals surface area contributed by atoms with E-state index >= 15 is 0 Å². The summed E-state index contributed by atoms with van der Waals surface area (Å²) in [5, 5.41) is 4.38. The SMILES string of the molecule is Nc1ncnn2c(C3CCC(=O)C3)nc(-c3cccc(OCc4ccccc4)c3)c12. The number of ketones is 1. The molecule has 4 aromatic rings. The largest absolute Gasteiger partial charge is 0.489 e.